The van der Waals surface area contributed by atoms with Crippen LogP contribution in [0.15, 0.2) is 23.9 Å². The highest BCUT2D eigenvalue weighted by Crippen LogP contribution is 2.35. The Morgan fingerprint density at radius 3 is 2.33 bits per heavy atom. The lowest BCUT2D eigenvalue weighted by Crippen LogP contribution is -2.44. The van der Waals surface area contributed by atoms with Crippen LogP contribution in [0.25, 0.3) is 5.57 Å². The van der Waals surface area contributed by atoms with Gasteiger partial charge in [-0.3, -0.25) is 19.4 Å². The van der Waals surface area contributed by atoms with E-state index in [1.807, 2.05) is 26.0 Å². The Morgan fingerprint density at radius 1 is 0.967 bits per heavy atom. The summed E-state index contributed by atoms with van der Waals surface area (Å²) in [6.45, 7) is 12.3. The van der Waals surface area contributed by atoms with Crippen LogP contribution in [-0.4, -0.2) is 79.0 Å². The molecule has 1 aromatic carbocycles. The van der Waals surface area contributed by atoms with Gasteiger partial charge in [0, 0.05) is 39.3 Å². The normalized spacial score (nSPS) is 21.8. The average Bonchev–Trinajstić information content (AvgIpc) is 2.98. The topological polar surface area (TPSA) is 53.1 Å². The predicted octanol–water partition coefficient (Wildman–Crippen LogP) is 2.45. The minimum absolute atomic E-state index is 0.127. The van der Waals surface area contributed by atoms with Gasteiger partial charge in [-0.2, -0.15) is 0 Å². The molecule has 162 valence electrons. The molecular formula is C24H33N3O3. The molecule has 0 N–H and O–H groups in total. The van der Waals surface area contributed by atoms with Crippen molar-refractivity contribution in [2.45, 2.75) is 33.6 Å². The third-order valence-corrected chi connectivity index (χ3v) is 6.64. The first kappa shape index (κ1) is 21.1. The highest BCUT2D eigenvalue weighted by atomic mass is 16.5. The summed E-state index contributed by atoms with van der Waals surface area (Å²) in [5, 5.41) is 0. The van der Waals surface area contributed by atoms with Gasteiger partial charge in [-0.05, 0) is 43.7 Å². The molecular weight excluding hydrogens is 378 g/mol. The quantitative estimate of drug-likeness (QED) is 0.697. The second-order valence-corrected chi connectivity index (χ2v) is 8.93. The van der Waals surface area contributed by atoms with E-state index in [2.05, 4.69) is 22.8 Å². The van der Waals surface area contributed by atoms with Gasteiger partial charge in [0.1, 0.15) is 5.70 Å². The van der Waals surface area contributed by atoms with Crippen LogP contribution in [0.4, 0.5) is 0 Å². The van der Waals surface area contributed by atoms with E-state index in [1.165, 1.54) is 4.90 Å². The van der Waals surface area contributed by atoms with E-state index in [1.54, 1.807) is 0 Å². The largest absolute Gasteiger partial charge is 0.379 e. The van der Waals surface area contributed by atoms with Crippen LogP contribution in [0.1, 0.15) is 36.5 Å². The maximum Gasteiger partial charge on any atom is 0.277 e. The molecule has 0 aromatic heterocycles. The van der Waals surface area contributed by atoms with Gasteiger partial charge < -0.3 is 9.64 Å². The summed E-state index contributed by atoms with van der Waals surface area (Å²) in [6, 6.07) is 6.12. The van der Waals surface area contributed by atoms with Crippen molar-refractivity contribution in [2.24, 2.45) is 5.92 Å². The number of ether oxygens (including phenoxy) is 1. The summed E-state index contributed by atoms with van der Waals surface area (Å²) in [5.41, 5.74) is 4.30. The van der Waals surface area contributed by atoms with Gasteiger partial charge in [-0.25, -0.2) is 0 Å². The first-order valence-corrected chi connectivity index (χ1v) is 11.2. The number of carbonyl (C=O) groups is 2. The molecule has 6 nitrogen and oxygen atoms in total. The van der Waals surface area contributed by atoms with Gasteiger partial charge in [0.2, 0.25) is 0 Å². The van der Waals surface area contributed by atoms with E-state index < -0.39 is 0 Å². The zero-order valence-corrected chi connectivity index (χ0v) is 18.4. The van der Waals surface area contributed by atoms with E-state index >= 15 is 0 Å². The number of carbonyl (C=O) groups excluding carboxylic acids is 2. The monoisotopic (exact) mass is 411 g/mol. The molecule has 3 aliphatic heterocycles. The lowest BCUT2D eigenvalue weighted by molar-refractivity contribution is -0.138. The molecule has 0 saturated carbocycles. The molecule has 2 amide bonds. The van der Waals surface area contributed by atoms with Crippen molar-refractivity contribution in [3.05, 3.63) is 40.6 Å². The predicted molar refractivity (Wildman–Crippen MR) is 117 cm³/mol. The van der Waals surface area contributed by atoms with Crippen molar-refractivity contribution >= 4 is 17.4 Å². The van der Waals surface area contributed by atoms with Crippen molar-refractivity contribution in [1.29, 1.82) is 0 Å². The highest BCUT2D eigenvalue weighted by Gasteiger charge is 2.42. The Hall–Kier alpha value is -2.18. The van der Waals surface area contributed by atoms with E-state index in [0.717, 1.165) is 55.7 Å². The summed E-state index contributed by atoms with van der Waals surface area (Å²) in [4.78, 5) is 32.9. The summed E-state index contributed by atoms with van der Waals surface area (Å²) >= 11 is 0. The summed E-state index contributed by atoms with van der Waals surface area (Å²) < 4.78 is 5.41. The summed E-state index contributed by atoms with van der Waals surface area (Å²) in [6.07, 6.45) is 2.11. The third kappa shape index (κ3) is 4.16. The lowest BCUT2D eigenvalue weighted by atomic mass is 9.95. The van der Waals surface area contributed by atoms with Crippen molar-refractivity contribution in [2.75, 3.05) is 52.5 Å². The minimum Gasteiger partial charge on any atom is -0.379 e. The maximum atomic E-state index is 13.5. The minimum atomic E-state index is -0.145. The van der Waals surface area contributed by atoms with Gasteiger partial charge in [0.15, 0.2) is 0 Å². The Morgan fingerprint density at radius 2 is 1.67 bits per heavy atom. The molecule has 0 atom stereocenters. The molecule has 6 heteroatoms. The van der Waals surface area contributed by atoms with Crippen molar-refractivity contribution in [1.82, 2.24) is 14.7 Å². The van der Waals surface area contributed by atoms with Gasteiger partial charge >= 0.3 is 0 Å². The fraction of sp³-hybridized carbons (Fsp3) is 0.583. The number of rotatable bonds is 5. The molecule has 0 spiro atoms. The van der Waals surface area contributed by atoms with E-state index in [9.17, 15) is 9.59 Å². The fourth-order valence-corrected chi connectivity index (χ4v) is 4.69. The second kappa shape index (κ2) is 8.90. The number of benzene rings is 1. The number of hydrogen-bond acceptors (Lipinski definition) is 5. The van der Waals surface area contributed by atoms with Crippen LogP contribution in [0, 0.1) is 19.8 Å². The van der Waals surface area contributed by atoms with E-state index in [-0.39, 0.29) is 11.8 Å². The molecule has 0 unspecified atom stereocenters. The lowest BCUT2D eigenvalue weighted by Gasteiger charge is -2.33. The van der Waals surface area contributed by atoms with E-state index in [4.69, 9.17) is 4.74 Å². The number of likely N-dealkylation sites (tertiary alicyclic amines) is 1. The van der Waals surface area contributed by atoms with Crippen molar-refractivity contribution in [3.8, 4) is 0 Å². The molecule has 0 radical (unpaired) electrons. The molecule has 2 fully saturated rings. The number of piperidine rings is 1. The number of imide groups is 1. The zero-order chi connectivity index (χ0) is 21.3. The Bertz CT molecular complexity index is 849. The van der Waals surface area contributed by atoms with Gasteiger partial charge in [0.05, 0.1) is 18.8 Å². The molecule has 3 aliphatic rings. The zero-order valence-electron chi connectivity index (χ0n) is 18.4. The molecule has 0 bridgehead atoms. The number of nitrogens with zero attached hydrogens (tertiary/aromatic N) is 3. The molecule has 0 aliphatic carbocycles. The molecule has 30 heavy (non-hydrogen) atoms. The smallest absolute Gasteiger partial charge is 0.277 e. The van der Waals surface area contributed by atoms with Gasteiger partial charge in [0.25, 0.3) is 11.8 Å². The molecule has 2 saturated heterocycles. The first-order valence-electron chi connectivity index (χ1n) is 11.2. The van der Waals surface area contributed by atoms with E-state index in [0.29, 0.717) is 43.5 Å². The van der Waals surface area contributed by atoms with Crippen LogP contribution in [-0.2, 0) is 14.3 Å². The Balaban J connectivity index is 1.63. The number of hydrogen-bond donors (Lipinski definition) is 0. The van der Waals surface area contributed by atoms with Crippen molar-refractivity contribution in [3.63, 3.8) is 0 Å². The molecule has 4 rings (SSSR count). The van der Waals surface area contributed by atoms with Crippen molar-refractivity contribution < 1.29 is 14.3 Å². The summed E-state index contributed by atoms with van der Waals surface area (Å²) in [7, 11) is 0. The molecule has 1 aromatic rings. The summed E-state index contributed by atoms with van der Waals surface area (Å²) in [5.74, 6) is 0.391. The van der Waals surface area contributed by atoms with Crippen LogP contribution in [0.3, 0.4) is 0 Å². The number of amides is 2. The van der Waals surface area contributed by atoms with Crippen LogP contribution < -0.4 is 0 Å². The average molecular weight is 412 g/mol. The van der Waals surface area contributed by atoms with Crippen LogP contribution in [0.5, 0.6) is 0 Å². The number of aryl methyl sites for hydroxylation is 2. The molecule has 3 heterocycles. The third-order valence-electron chi connectivity index (χ3n) is 6.64. The maximum absolute atomic E-state index is 13.5. The highest BCUT2D eigenvalue weighted by molar-refractivity contribution is 6.35. The Labute approximate surface area is 179 Å². The number of morpholine rings is 1. The Kier molecular flexibility index (Phi) is 6.25. The SMILES string of the molecule is Cc1ccc(C2=C(N3CCC(C)CC3)C(=O)N(CCN3CCOCC3)C2=O)c(C)c1. The van der Waals surface area contributed by atoms with Crippen LogP contribution in [0.2, 0.25) is 0 Å². The van der Waals surface area contributed by atoms with Gasteiger partial charge in [-0.15, -0.1) is 0 Å². The first-order chi connectivity index (χ1) is 14.5. The standard InChI is InChI=1S/C24H33N3O3/c1-17-6-8-26(9-7-17)22-21(20-5-4-18(2)16-19(20)3)23(28)27(24(22)29)11-10-25-12-14-30-15-13-25/h4-5,16-17H,6-15H2,1-3H3. The fourth-order valence-electron chi connectivity index (χ4n) is 4.69. The van der Waals surface area contributed by atoms with Gasteiger partial charge in [-0.1, -0.05) is 30.7 Å². The van der Waals surface area contributed by atoms with Crippen LogP contribution >= 0.6 is 0 Å². The second-order valence-electron chi connectivity index (χ2n) is 8.93.